The number of carboxylic acid groups (broad SMARTS) is 1. The van der Waals surface area contributed by atoms with E-state index in [-0.39, 0.29) is 6.42 Å². The van der Waals surface area contributed by atoms with E-state index in [0.717, 1.165) is 18.2 Å². The summed E-state index contributed by atoms with van der Waals surface area (Å²) in [6, 6.07) is 2.48. The number of carboxylic acids is 1. The van der Waals surface area contributed by atoms with Gasteiger partial charge in [-0.15, -0.1) is 0 Å². The van der Waals surface area contributed by atoms with Crippen molar-refractivity contribution < 1.29 is 22.9 Å². The number of aliphatic carboxylic acids is 1. The highest BCUT2D eigenvalue weighted by Crippen LogP contribution is 2.18. The third-order valence-electron chi connectivity index (χ3n) is 2.01. The van der Waals surface area contributed by atoms with Crippen LogP contribution in [0.5, 0.6) is 0 Å². The molecular formula is C10H10F2O3S. The third kappa shape index (κ3) is 2.63. The van der Waals surface area contributed by atoms with E-state index in [0.29, 0.717) is 0 Å². The van der Waals surface area contributed by atoms with Gasteiger partial charge in [0.25, 0.3) is 0 Å². The summed E-state index contributed by atoms with van der Waals surface area (Å²) in [4.78, 5) is 10.3. The number of carbonyl (C=O) groups is 1. The van der Waals surface area contributed by atoms with Crippen molar-refractivity contribution in [3.8, 4) is 0 Å². The van der Waals surface area contributed by atoms with Crippen LogP contribution in [-0.2, 0) is 15.6 Å². The molecule has 1 N–H and O–H groups in total. The van der Waals surface area contributed by atoms with E-state index in [1.807, 2.05) is 0 Å². The summed E-state index contributed by atoms with van der Waals surface area (Å²) in [5.74, 6) is -2.89. The lowest BCUT2D eigenvalue weighted by Gasteiger charge is -2.10. The first-order valence-corrected chi connectivity index (χ1v) is 5.77. The zero-order chi connectivity index (χ0) is 12.3. The molecule has 88 valence electrons. The first-order chi connectivity index (χ1) is 7.47. The summed E-state index contributed by atoms with van der Waals surface area (Å²) in [5, 5.41) is 7.53. The van der Waals surface area contributed by atoms with E-state index in [9.17, 15) is 17.8 Å². The fraction of sp³-hybridized carbons (Fsp3) is 0.300. The molecule has 3 nitrogen and oxygen atoms in total. The van der Waals surface area contributed by atoms with Crippen molar-refractivity contribution in [1.29, 1.82) is 0 Å². The normalized spacial score (nSPS) is 14.4. The molecule has 0 bridgehead atoms. The fourth-order valence-corrected chi connectivity index (χ4v) is 2.48. The Labute approximate surface area is 93.6 Å². The van der Waals surface area contributed by atoms with E-state index in [1.54, 1.807) is 0 Å². The first kappa shape index (κ1) is 12.8. The first-order valence-electron chi connectivity index (χ1n) is 4.55. The van der Waals surface area contributed by atoms with Crippen LogP contribution in [0.4, 0.5) is 8.78 Å². The van der Waals surface area contributed by atoms with Gasteiger partial charge in [-0.1, -0.05) is 6.92 Å². The van der Waals surface area contributed by atoms with Gasteiger partial charge >= 0.3 is 5.97 Å². The molecule has 0 saturated heterocycles. The molecule has 0 saturated carbocycles. The Morgan fingerprint density at radius 1 is 1.50 bits per heavy atom. The molecule has 0 fully saturated rings. The molecule has 0 amide bonds. The number of hydrogen-bond donors (Lipinski definition) is 1. The SMILES string of the molecule is CCC(C(=O)O)S(=O)c1cc(F)ccc1F. The quantitative estimate of drug-likeness (QED) is 0.885. The molecular weight excluding hydrogens is 238 g/mol. The molecule has 16 heavy (non-hydrogen) atoms. The predicted octanol–water partition coefficient (Wildman–Crippen LogP) is 1.94. The largest absolute Gasteiger partial charge is 0.480 e. The zero-order valence-electron chi connectivity index (χ0n) is 8.44. The van der Waals surface area contributed by atoms with E-state index in [2.05, 4.69) is 0 Å². The minimum Gasteiger partial charge on any atom is -0.480 e. The predicted molar refractivity (Wildman–Crippen MR) is 54.5 cm³/mol. The van der Waals surface area contributed by atoms with Crippen molar-refractivity contribution >= 4 is 16.8 Å². The molecule has 1 rings (SSSR count). The molecule has 2 unspecified atom stereocenters. The number of rotatable bonds is 4. The standard InChI is InChI=1S/C10H10F2O3S/c1-2-8(10(13)14)16(15)9-5-6(11)3-4-7(9)12/h3-5,8H,2H2,1H3,(H,13,14). The summed E-state index contributed by atoms with van der Waals surface area (Å²) >= 11 is 0. The Morgan fingerprint density at radius 3 is 2.62 bits per heavy atom. The Kier molecular flexibility index (Phi) is 4.12. The fourth-order valence-electron chi connectivity index (χ4n) is 1.20. The second kappa shape index (κ2) is 5.16. The summed E-state index contributed by atoms with van der Waals surface area (Å²) in [5.41, 5.74) is 0. The number of benzene rings is 1. The summed E-state index contributed by atoms with van der Waals surface area (Å²) < 4.78 is 37.8. The van der Waals surface area contributed by atoms with Crippen molar-refractivity contribution in [2.24, 2.45) is 0 Å². The van der Waals surface area contributed by atoms with Gasteiger partial charge in [0.2, 0.25) is 0 Å². The lowest BCUT2D eigenvalue weighted by molar-refractivity contribution is -0.136. The molecule has 0 radical (unpaired) electrons. The molecule has 0 heterocycles. The topological polar surface area (TPSA) is 54.4 Å². The lowest BCUT2D eigenvalue weighted by Crippen LogP contribution is -2.25. The molecule has 1 aromatic rings. The van der Waals surface area contributed by atoms with Gasteiger partial charge in [-0.3, -0.25) is 9.00 Å². The second-order valence-corrected chi connectivity index (χ2v) is 4.71. The maximum absolute atomic E-state index is 13.2. The Balaban J connectivity index is 3.12. The van der Waals surface area contributed by atoms with Gasteiger partial charge in [0, 0.05) is 0 Å². The van der Waals surface area contributed by atoms with Gasteiger partial charge in [0.05, 0.1) is 15.7 Å². The van der Waals surface area contributed by atoms with Crippen LogP contribution in [0.25, 0.3) is 0 Å². The highest BCUT2D eigenvalue weighted by molar-refractivity contribution is 7.86. The zero-order valence-corrected chi connectivity index (χ0v) is 9.26. The number of hydrogen-bond acceptors (Lipinski definition) is 2. The molecule has 6 heteroatoms. The van der Waals surface area contributed by atoms with Gasteiger partial charge in [-0.05, 0) is 24.6 Å². The van der Waals surface area contributed by atoms with Gasteiger partial charge in [-0.2, -0.15) is 0 Å². The van der Waals surface area contributed by atoms with Gasteiger partial charge in [0.15, 0.2) is 0 Å². The maximum atomic E-state index is 13.2. The average molecular weight is 248 g/mol. The van der Waals surface area contributed by atoms with Crippen LogP contribution in [0.15, 0.2) is 23.1 Å². The summed E-state index contributed by atoms with van der Waals surface area (Å²) in [6.45, 7) is 1.52. The Bertz CT molecular complexity index is 434. The van der Waals surface area contributed by atoms with E-state index >= 15 is 0 Å². The molecule has 0 aromatic heterocycles. The van der Waals surface area contributed by atoms with Gasteiger partial charge in [0.1, 0.15) is 16.9 Å². The molecule has 0 aliphatic heterocycles. The van der Waals surface area contributed by atoms with Crippen LogP contribution >= 0.6 is 0 Å². The lowest BCUT2D eigenvalue weighted by atomic mass is 10.3. The van der Waals surface area contributed by atoms with Crippen molar-refractivity contribution in [2.45, 2.75) is 23.5 Å². The van der Waals surface area contributed by atoms with Crippen LogP contribution < -0.4 is 0 Å². The van der Waals surface area contributed by atoms with Gasteiger partial charge < -0.3 is 5.11 Å². The molecule has 0 aliphatic rings. The summed E-state index contributed by atoms with van der Waals surface area (Å²) in [6.07, 6.45) is 0.0812. The van der Waals surface area contributed by atoms with E-state index in [1.165, 1.54) is 6.92 Å². The van der Waals surface area contributed by atoms with Crippen LogP contribution in [0.1, 0.15) is 13.3 Å². The minimum atomic E-state index is -2.09. The van der Waals surface area contributed by atoms with Gasteiger partial charge in [-0.25, -0.2) is 8.78 Å². The van der Waals surface area contributed by atoms with E-state index in [4.69, 9.17) is 5.11 Å². The maximum Gasteiger partial charge on any atom is 0.319 e. The summed E-state index contributed by atoms with van der Waals surface area (Å²) in [7, 11) is -2.09. The average Bonchev–Trinajstić information content (AvgIpc) is 2.22. The van der Waals surface area contributed by atoms with Crippen molar-refractivity contribution in [1.82, 2.24) is 0 Å². The highest BCUT2D eigenvalue weighted by atomic mass is 32.2. The van der Waals surface area contributed by atoms with Crippen molar-refractivity contribution in [2.75, 3.05) is 0 Å². The Morgan fingerprint density at radius 2 is 2.12 bits per heavy atom. The smallest absolute Gasteiger partial charge is 0.319 e. The molecule has 0 aliphatic carbocycles. The molecule has 0 spiro atoms. The van der Waals surface area contributed by atoms with Crippen LogP contribution in [0.2, 0.25) is 0 Å². The van der Waals surface area contributed by atoms with Crippen molar-refractivity contribution in [3.63, 3.8) is 0 Å². The van der Waals surface area contributed by atoms with Crippen LogP contribution in [-0.4, -0.2) is 20.5 Å². The molecule has 1 aromatic carbocycles. The van der Waals surface area contributed by atoms with E-state index < -0.39 is 38.5 Å². The second-order valence-electron chi connectivity index (χ2n) is 3.11. The number of halogens is 2. The Hall–Kier alpha value is -1.30. The third-order valence-corrected chi connectivity index (χ3v) is 3.81. The monoisotopic (exact) mass is 248 g/mol. The molecule has 2 atom stereocenters. The van der Waals surface area contributed by atoms with Crippen LogP contribution in [0.3, 0.4) is 0 Å². The minimum absolute atomic E-state index is 0.0812. The van der Waals surface area contributed by atoms with Crippen LogP contribution in [0, 0.1) is 11.6 Å². The highest BCUT2D eigenvalue weighted by Gasteiger charge is 2.26. The van der Waals surface area contributed by atoms with Crippen molar-refractivity contribution in [3.05, 3.63) is 29.8 Å².